The summed E-state index contributed by atoms with van der Waals surface area (Å²) in [6.45, 7) is 6.66. The fourth-order valence-electron chi connectivity index (χ4n) is 0.781. The van der Waals surface area contributed by atoms with Crippen molar-refractivity contribution in [3.63, 3.8) is 0 Å². The number of aliphatic hydroxyl groups is 1. The summed E-state index contributed by atoms with van der Waals surface area (Å²) in [5.41, 5.74) is 7.40. The minimum atomic E-state index is 0.102. The highest BCUT2D eigenvalue weighted by atomic mass is 16.3. The zero-order valence-electron chi connectivity index (χ0n) is 7.16. The van der Waals surface area contributed by atoms with Gasteiger partial charge in [0.2, 0.25) is 0 Å². The van der Waals surface area contributed by atoms with Crippen LogP contribution in [-0.4, -0.2) is 5.11 Å². The molecule has 0 fully saturated rings. The Kier molecular flexibility index (Phi) is 5.97. The maximum absolute atomic E-state index is 8.67. The normalized spacial score (nSPS) is 8.50. The molecule has 3 N–H and O–H groups in total. The van der Waals surface area contributed by atoms with Crippen LogP contribution in [0.15, 0.2) is 37.4 Å². The maximum atomic E-state index is 8.67. The fraction of sp³-hybridized carbons (Fsp3) is 0.200. The van der Waals surface area contributed by atoms with E-state index in [1.807, 2.05) is 24.3 Å². The summed E-state index contributed by atoms with van der Waals surface area (Å²) in [5, 5.41) is 8.67. The number of rotatable bonds is 2. The van der Waals surface area contributed by atoms with Crippen LogP contribution in [0.4, 0.5) is 0 Å². The van der Waals surface area contributed by atoms with Gasteiger partial charge in [-0.15, -0.1) is 13.2 Å². The van der Waals surface area contributed by atoms with Gasteiger partial charge in [0.05, 0.1) is 6.61 Å². The van der Waals surface area contributed by atoms with E-state index in [1.54, 1.807) is 0 Å². The first kappa shape index (κ1) is 10.9. The molecule has 66 valence electrons. The maximum Gasteiger partial charge on any atom is 0.0681 e. The van der Waals surface area contributed by atoms with Gasteiger partial charge in [-0.05, 0) is 11.1 Å². The number of aliphatic hydroxyl groups excluding tert-OH is 1. The van der Waals surface area contributed by atoms with Gasteiger partial charge in [0, 0.05) is 6.54 Å². The minimum absolute atomic E-state index is 0.102. The van der Waals surface area contributed by atoms with E-state index in [1.165, 1.54) is 0 Å². The highest BCUT2D eigenvalue weighted by molar-refractivity contribution is 5.21. The molecule has 0 aliphatic heterocycles. The Labute approximate surface area is 73.3 Å². The molecule has 2 nitrogen and oxygen atoms in total. The van der Waals surface area contributed by atoms with E-state index in [0.717, 1.165) is 11.1 Å². The Morgan fingerprint density at radius 2 is 1.50 bits per heavy atom. The highest BCUT2D eigenvalue weighted by Crippen LogP contribution is 2.02. The van der Waals surface area contributed by atoms with Crippen molar-refractivity contribution in [1.29, 1.82) is 0 Å². The van der Waals surface area contributed by atoms with Crippen LogP contribution >= 0.6 is 0 Å². The molecule has 1 rings (SSSR count). The molecule has 0 saturated heterocycles. The third kappa shape index (κ3) is 3.32. The Balaban J connectivity index is 0.000000561. The van der Waals surface area contributed by atoms with Crippen LogP contribution in [0, 0.1) is 0 Å². The average molecular weight is 165 g/mol. The number of hydrogen-bond acceptors (Lipinski definition) is 2. The van der Waals surface area contributed by atoms with Crippen molar-refractivity contribution in [2.45, 2.75) is 13.2 Å². The van der Waals surface area contributed by atoms with Gasteiger partial charge in [-0.1, -0.05) is 24.3 Å². The van der Waals surface area contributed by atoms with Gasteiger partial charge in [0.1, 0.15) is 0 Å². The minimum Gasteiger partial charge on any atom is -0.392 e. The monoisotopic (exact) mass is 165 g/mol. The smallest absolute Gasteiger partial charge is 0.0681 e. The van der Waals surface area contributed by atoms with Crippen LogP contribution < -0.4 is 5.73 Å². The summed E-state index contributed by atoms with van der Waals surface area (Å²) < 4.78 is 0. The third-order valence-electron chi connectivity index (χ3n) is 1.44. The lowest BCUT2D eigenvalue weighted by molar-refractivity contribution is 0.282. The van der Waals surface area contributed by atoms with E-state index < -0.39 is 0 Å². The standard InChI is InChI=1S/C8H11NO.C2H4/c9-5-7-1-3-8(6-10)4-2-7;1-2/h1-4,10H,5-6,9H2;1-2H2. The lowest BCUT2D eigenvalue weighted by Crippen LogP contribution is -1.95. The van der Waals surface area contributed by atoms with E-state index in [-0.39, 0.29) is 6.61 Å². The van der Waals surface area contributed by atoms with E-state index in [0.29, 0.717) is 6.54 Å². The van der Waals surface area contributed by atoms with Crippen molar-refractivity contribution >= 4 is 0 Å². The quantitative estimate of drug-likeness (QED) is 0.651. The molecule has 0 amide bonds. The second-order valence-corrected chi connectivity index (χ2v) is 2.18. The summed E-state index contributed by atoms with van der Waals surface area (Å²) in [4.78, 5) is 0. The van der Waals surface area contributed by atoms with E-state index >= 15 is 0 Å². The Bertz CT molecular complexity index is 183. The first-order valence-corrected chi connectivity index (χ1v) is 3.75. The second kappa shape index (κ2) is 6.58. The SMILES string of the molecule is C=C.NCc1ccc(CO)cc1. The van der Waals surface area contributed by atoms with Crippen molar-refractivity contribution in [1.82, 2.24) is 0 Å². The first-order valence-electron chi connectivity index (χ1n) is 3.75. The summed E-state index contributed by atoms with van der Waals surface area (Å²) >= 11 is 0. The molecule has 0 aliphatic rings. The van der Waals surface area contributed by atoms with E-state index in [9.17, 15) is 0 Å². The van der Waals surface area contributed by atoms with Gasteiger partial charge >= 0.3 is 0 Å². The van der Waals surface area contributed by atoms with Gasteiger partial charge in [-0.3, -0.25) is 0 Å². The second-order valence-electron chi connectivity index (χ2n) is 2.18. The van der Waals surface area contributed by atoms with Crippen LogP contribution in [0.3, 0.4) is 0 Å². The predicted octanol–water partition coefficient (Wildman–Crippen LogP) is 1.44. The predicted molar refractivity (Wildman–Crippen MR) is 51.5 cm³/mol. The zero-order valence-corrected chi connectivity index (χ0v) is 7.16. The summed E-state index contributed by atoms with van der Waals surface area (Å²) in [5.74, 6) is 0. The van der Waals surface area contributed by atoms with Gasteiger partial charge in [-0.25, -0.2) is 0 Å². The molecule has 1 aromatic rings. The lowest BCUT2D eigenvalue weighted by atomic mass is 10.1. The van der Waals surface area contributed by atoms with Crippen molar-refractivity contribution in [3.05, 3.63) is 48.6 Å². The molecule has 2 heteroatoms. The van der Waals surface area contributed by atoms with Gasteiger partial charge in [-0.2, -0.15) is 0 Å². The Morgan fingerprint density at radius 3 is 1.83 bits per heavy atom. The largest absolute Gasteiger partial charge is 0.392 e. The summed E-state index contributed by atoms with van der Waals surface area (Å²) in [7, 11) is 0. The molecule has 0 heterocycles. The van der Waals surface area contributed by atoms with E-state index in [4.69, 9.17) is 10.8 Å². The zero-order chi connectivity index (χ0) is 9.40. The van der Waals surface area contributed by atoms with Gasteiger partial charge in [0.15, 0.2) is 0 Å². The topological polar surface area (TPSA) is 46.2 Å². The van der Waals surface area contributed by atoms with Gasteiger partial charge < -0.3 is 10.8 Å². The molecule has 0 atom stereocenters. The lowest BCUT2D eigenvalue weighted by Gasteiger charge is -1.97. The highest BCUT2D eigenvalue weighted by Gasteiger charge is 1.89. The molecule has 0 radical (unpaired) electrons. The molecule has 12 heavy (non-hydrogen) atoms. The third-order valence-corrected chi connectivity index (χ3v) is 1.44. The van der Waals surface area contributed by atoms with Crippen LogP contribution in [0.2, 0.25) is 0 Å². The summed E-state index contributed by atoms with van der Waals surface area (Å²) in [6, 6.07) is 7.60. The molecule has 0 bridgehead atoms. The van der Waals surface area contributed by atoms with E-state index in [2.05, 4.69) is 13.2 Å². The van der Waals surface area contributed by atoms with Crippen molar-refractivity contribution in [2.75, 3.05) is 0 Å². The molecule has 0 unspecified atom stereocenters. The van der Waals surface area contributed by atoms with Crippen molar-refractivity contribution in [2.24, 2.45) is 5.73 Å². The molecular weight excluding hydrogens is 150 g/mol. The van der Waals surface area contributed by atoms with Crippen LogP contribution in [0.5, 0.6) is 0 Å². The molecular formula is C10H15NO. The molecule has 0 spiro atoms. The van der Waals surface area contributed by atoms with Crippen molar-refractivity contribution in [3.8, 4) is 0 Å². The molecule has 0 aromatic heterocycles. The molecule has 0 aliphatic carbocycles. The number of hydrogen-bond donors (Lipinski definition) is 2. The number of benzene rings is 1. The van der Waals surface area contributed by atoms with Crippen LogP contribution in [-0.2, 0) is 13.2 Å². The summed E-state index contributed by atoms with van der Waals surface area (Å²) in [6.07, 6.45) is 0. The van der Waals surface area contributed by atoms with Crippen LogP contribution in [0.1, 0.15) is 11.1 Å². The van der Waals surface area contributed by atoms with Gasteiger partial charge in [0.25, 0.3) is 0 Å². The average Bonchev–Trinajstić information content (AvgIpc) is 2.21. The number of nitrogens with two attached hydrogens (primary N) is 1. The fourth-order valence-corrected chi connectivity index (χ4v) is 0.781. The molecule has 0 saturated carbocycles. The first-order chi connectivity index (χ1) is 5.86. The Morgan fingerprint density at radius 1 is 1.08 bits per heavy atom. The van der Waals surface area contributed by atoms with Crippen molar-refractivity contribution < 1.29 is 5.11 Å². The molecule has 1 aromatic carbocycles. The Hall–Kier alpha value is -1.12. The van der Waals surface area contributed by atoms with Crippen LogP contribution in [0.25, 0.3) is 0 Å².